The number of hydrogen-bond acceptors (Lipinski definition) is 6. The molecule has 1 aromatic carbocycles. The molecule has 0 bridgehead atoms. The Morgan fingerprint density at radius 1 is 1.40 bits per heavy atom. The highest BCUT2D eigenvalue weighted by molar-refractivity contribution is 7.14. The number of morpholine rings is 1. The lowest BCUT2D eigenvalue weighted by molar-refractivity contribution is -0.0757. The van der Waals surface area contributed by atoms with Crippen LogP contribution in [0.1, 0.15) is 31.3 Å². The summed E-state index contributed by atoms with van der Waals surface area (Å²) >= 11 is 1.42. The quantitative estimate of drug-likeness (QED) is 0.902. The first-order valence-electron chi connectivity index (χ1n) is 8.19. The molecular weight excluding hydrogens is 338 g/mol. The molecule has 1 aliphatic heterocycles. The zero-order chi connectivity index (χ0) is 18.0. The summed E-state index contributed by atoms with van der Waals surface area (Å²) < 4.78 is 10.8. The third-order valence-corrected chi connectivity index (χ3v) is 4.96. The maximum absolute atomic E-state index is 12.9. The molecule has 0 aliphatic carbocycles. The van der Waals surface area contributed by atoms with E-state index >= 15 is 0 Å². The minimum atomic E-state index is -0.337. The Morgan fingerprint density at radius 2 is 2.12 bits per heavy atom. The van der Waals surface area contributed by atoms with Gasteiger partial charge in [-0.3, -0.25) is 4.79 Å². The van der Waals surface area contributed by atoms with Crippen molar-refractivity contribution in [3.05, 3.63) is 35.3 Å². The highest BCUT2D eigenvalue weighted by atomic mass is 32.1. The largest absolute Gasteiger partial charge is 0.497 e. The summed E-state index contributed by atoms with van der Waals surface area (Å²) in [5, 5.41) is 5.70. The van der Waals surface area contributed by atoms with Crippen molar-refractivity contribution in [2.75, 3.05) is 25.6 Å². The molecule has 0 saturated carbocycles. The van der Waals surface area contributed by atoms with Crippen LogP contribution in [-0.4, -0.2) is 47.7 Å². The standard InChI is InChI=1S/C18H23N3O3S/c1-12-9-21(18(2,3)11-24-12)16(22)15-10-25-17(20-15)19-13-5-7-14(23-4)8-6-13/h5-8,10,12H,9,11H2,1-4H3,(H,19,20). The van der Waals surface area contributed by atoms with E-state index in [0.717, 1.165) is 11.4 Å². The van der Waals surface area contributed by atoms with E-state index in [-0.39, 0.29) is 17.6 Å². The average Bonchev–Trinajstić information content (AvgIpc) is 3.06. The molecule has 2 heterocycles. The van der Waals surface area contributed by atoms with Crippen molar-refractivity contribution in [1.82, 2.24) is 9.88 Å². The summed E-state index contributed by atoms with van der Waals surface area (Å²) in [6.07, 6.45) is 0.0347. The first-order chi connectivity index (χ1) is 11.9. The van der Waals surface area contributed by atoms with E-state index in [1.807, 2.05) is 49.9 Å². The van der Waals surface area contributed by atoms with Gasteiger partial charge in [-0.1, -0.05) is 0 Å². The molecule has 134 valence electrons. The number of rotatable bonds is 4. The van der Waals surface area contributed by atoms with Crippen LogP contribution in [0.4, 0.5) is 10.8 Å². The Kier molecular flexibility index (Phi) is 4.96. The molecule has 1 atom stereocenters. The van der Waals surface area contributed by atoms with Gasteiger partial charge in [0.15, 0.2) is 5.13 Å². The number of carbonyl (C=O) groups is 1. The van der Waals surface area contributed by atoms with Crippen molar-refractivity contribution in [2.45, 2.75) is 32.4 Å². The van der Waals surface area contributed by atoms with Crippen LogP contribution in [0.3, 0.4) is 0 Å². The van der Waals surface area contributed by atoms with Crippen molar-refractivity contribution in [3.8, 4) is 5.75 Å². The Labute approximate surface area is 151 Å². The maximum Gasteiger partial charge on any atom is 0.274 e. The number of methoxy groups -OCH3 is 1. The Bertz CT molecular complexity index is 742. The second-order valence-corrected chi connectivity index (χ2v) is 7.60. The topological polar surface area (TPSA) is 63.7 Å². The normalized spacial score (nSPS) is 19.5. The van der Waals surface area contributed by atoms with Gasteiger partial charge in [0.1, 0.15) is 11.4 Å². The first kappa shape index (κ1) is 17.7. The molecule has 1 unspecified atom stereocenters. The number of anilines is 2. The van der Waals surface area contributed by atoms with E-state index in [2.05, 4.69) is 10.3 Å². The van der Waals surface area contributed by atoms with Crippen LogP contribution in [0.15, 0.2) is 29.6 Å². The molecule has 0 spiro atoms. The van der Waals surface area contributed by atoms with Crippen molar-refractivity contribution < 1.29 is 14.3 Å². The summed E-state index contributed by atoms with van der Waals surface area (Å²) in [5.74, 6) is 0.739. The Morgan fingerprint density at radius 3 is 2.80 bits per heavy atom. The van der Waals surface area contributed by atoms with E-state index in [1.165, 1.54) is 11.3 Å². The minimum Gasteiger partial charge on any atom is -0.497 e. The van der Waals surface area contributed by atoms with Crippen LogP contribution in [0, 0.1) is 0 Å². The minimum absolute atomic E-state index is 0.0347. The third-order valence-electron chi connectivity index (χ3n) is 4.20. The van der Waals surface area contributed by atoms with Gasteiger partial charge in [-0.25, -0.2) is 4.98 Å². The van der Waals surface area contributed by atoms with Crippen LogP contribution in [-0.2, 0) is 4.74 Å². The Hall–Kier alpha value is -2.12. The summed E-state index contributed by atoms with van der Waals surface area (Å²) in [4.78, 5) is 19.2. The Balaban J connectivity index is 1.72. The molecule has 0 radical (unpaired) electrons. The molecule has 1 N–H and O–H groups in total. The molecule has 3 rings (SSSR count). The molecule has 1 aromatic heterocycles. The average molecular weight is 361 g/mol. The van der Waals surface area contributed by atoms with Gasteiger partial charge in [-0.05, 0) is 45.0 Å². The van der Waals surface area contributed by atoms with Crippen LogP contribution >= 0.6 is 11.3 Å². The van der Waals surface area contributed by atoms with Crippen molar-refractivity contribution >= 4 is 28.1 Å². The number of hydrogen-bond donors (Lipinski definition) is 1. The molecule has 25 heavy (non-hydrogen) atoms. The van der Waals surface area contributed by atoms with E-state index in [9.17, 15) is 4.79 Å². The summed E-state index contributed by atoms with van der Waals surface area (Å²) in [6.45, 7) is 7.11. The summed E-state index contributed by atoms with van der Waals surface area (Å²) in [5.41, 5.74) is 1.02. The SMILES string of the molecule is COc1ccc(Nc2nc(C(=O)N3CC(C)OCC3(C)C)cs2)cc1. The van der Waals surface area contributed by atoms with Gasteiger partial charge in [-0.2, -0.15) is 0 Å². The second kappa shape index (κ2) is 7.01. The highest BCUT2D eigenvalue weighted by Crippen LogP contribution is 2.27. The van der Waals surface area contributed by atoms with Crippen LogP contribution in [0.25, 0.3) is 0 Å². The lowest BCUT2D eigenvalue weighted by Gasteiger charge is -2.44. The summed E-state index contributed by atoms with van der Waals surface area (Å²) in [7, 11) is 1.63. The number of carbonyl (C=O) groups excluding carboxylic acids is 1. The maximum atomic E-state index is 12.9. The van der Waals surface area contributed by atoms with E-state index in [1.54, 1.807) is 12.5 Å². The van der Waals surface area contributed by atoms with Gasteiger partial charge in [0.2, 0.25) is 0 Å². The van der Waals surface area contributed by atoms with Crippen molar-refractivity contribution in [2.24, 2.45) is 0 Å². The molecule has 1 saturated heterocycles. The zero-order valence-corrected chi connectivity index (χ0v) is 15.7. The highest BCUT2D eigenvalue weighted by Gasteiger charge is 2.37. The van der Waals surface area contributed by atoms with Crippen LogP contribution < -0.4 is 10.1 Å². The number of aromatic nitrogens is 1. The third kappa shape index (κ3) is 3.93. The predicted octanol–water partition coefficient (Wildman–Crippen LogP) is 3.53. The molecule has 1 aliphatic rings. The lowest BCUT2D eigenvalue weighted by atomic mass is 10.0. The second-order valence-electron chi connectivity index (χ2n) is 6.74. The molecule has 6 nitrogen and oxygen atoms in total. The van der Waals surface area contributed by atoms with Gasteiger partial charge in [0.25, 0.3) is 5.91 Å². The smallest absolute Gasteiger partial charge is 0.274 e. The monoisotopic (exact) mass is 361 g/mol. The molecular formula is C18H23N3O3S. The predicted molar refractivity (Wildman–Crippen MR) is 98.9 cm³/mol. The molecule has 2 aromatic rings. The van der Waals surface area contributed by atoms with Gasteiger partial charge in [0, 0.05) is 17.6 Å². The zero-order valence-electron chi connectivity index (χ0n) is 14.9. The lowest BCUT2D eigenvalue weighted by Crippen LogP contribution is -2.57. The van der Waals surface area contributed by atoms with E-state index < -0.39 is 0 Å². The van der Waals surface area contributed by atoms with Gasteiger partial charge in [0.05, 0.1) is 25.4 Å². The summed E-state index contributed by atoms with van der Waals surface area (Å²) in [6, 6.07) is 7.57. The number of benzene rings is 1. The number of amides is 1. The fraction of sp³-hybridized carbons (Fsp3) is 0.444. The number of ether oxygens (including phenoxy) is 2. The molecule has 1 fully saturated rings. The van der Waals surface area contributed by atoms with Crippen LogP contribution in [0.5, 0.6) is 5.75 Å². The number of nitrogens with zero attached hydrogens (tertiary/aromatic N) is 2. The first-order valence-corrected chi connectivity index (χ1v) is 9.07. The van der Waals surface area contributed by atoms with Crippen molar-refractivity contribution in [3.63, 3.8) is 0 Å². The van der Waals surface area contributed by atoms with E-state index in [0.29, 0.717) is 24.0 Å². The van der Waals surface area contributed by atoms with E-state index in [4.69, 9.17) is 9.47 Å². The number of thiazole rings is 1. The molecule has 7 heteroatoms. The van der Waals surface area contributed by atoms with Crippen molar-refractivity contribution in [1.29, 1.82) is 0 Å². The van der Waals surface area contributed by atoms with Crippen LogP contribution in [0.2, 0.25) is 0 Å². The molecule has 1 amide bonds. The van der Waals surface area contributed by atoms with Gasteiger partial charge < -0.3 is 19.7 Å². The van der Waals surface area contributed by atoms with Gasteiger partial charge >= 0.3 is 0 Å². The fourth-order valence-electron chi connectivity index (χ4n) is 2.70. The van der Waals surface area contributed by atoms with Gasteiger partial charge in [-0.15, -0.1) is 11.3 Å². The fourth-order valence-corrected chi connectivity index (χ4v) is 3.41. The number of nitrogens with one attached hydrogen (secondary N) is 1.